The average Bonchev–Trinajstić information content (AvgIpc) is 2.91. The summed E-state index contributed by atoms with van der Waals surface area (Å²) in [7, 11) is 0. The van der Waals surface area contributed by atoms with Gasteiger partial charge in [-0.3, -0.25) is 14.4 Å². The molecule has 4 rings (SSSR count). The SMILES string of the molecule is CCC(=O)O[C@]1(C(C)=O)[C@@H](C)C[C@H]2[C@@H]3CC[C@H]4CC(=O)CC[C@]4(C)[C@@]3(F)[C@@H](O)C[C@@]21C. The lowest BCUT2D eigenvalue weighted by Gasteiger charge is -2.65. The first-order valence-electron chi connectivity index (χ1n) is 12.0. The van der Waals surface area contributed by atoms with Gasteiger partial charge in [0.2, 0.25) is 0 Å². The summed E-state index contributed by atoms with van der Waals surface area (Å²) in [4.78, 5) is 37.6. The number of fused-ring (bicyclic) bond motifs is 5. The van der Waals surface area contributed by atoms with Crippen LogP contribution in [0.3, 0.4) is 0 Å². The number of rotatable bonds is 3. The van der Waals surface area contributed by atoms with Crippen molar-refractivity contribution in [3.8, 4) is 0 Å². The highest BCUT2D eigenvalue weighted by Crippen LogP contribution is 2.72. The molecule has 6 heteroatoms. The van der Waals surface area contributed by atoms with Crippen LogP contribution >= 0.6 is 0 Å². The molecular weight excluding hydrogens is 399 g/mol. The van der Waals surface area contributed by atoms with Crippen LogP contribution in [0.2, 0.25) is 0 Å². The molecule has 0 amide bonds. The number of ketones is 2. The van der Waals surface area contributed by atoms with Crippen LogP contribution in [-0.2, 0) is 19.1 Å². The number of alkyl halides is 1. The summed E-state index contributed by atoms with van der Waals surface area (Å²) < 4.78 is 23.2. The van der Waals surface area contributed by atoms with Gasteiger partial charge in [0, 0.05) is 36.0 Å². The fourth-order valence-corrected chi connectivity index (χ4v) is 8.66. The zero-order valence-corrected chi connectivity index (χ0v) is 19.5. The number of halogens is 1. The third-order valence-electron chi connectivity index (χ3n) is 10.2. The van der Waals surface area contributed by atoms with Crippen LogP contribution in [0.4, 0.5) is 4.39 Å². The maximum absolute atomic E-state index is 17.2. The van der Waals surface area contributed by atoms with E-state index in [9.17, 15) is 19.5 Å². The van der Waals surface area contributed by atoms with Gasteiger partial charge in [0.05, 0.1) is 6.10 Å². The van der Waals surface area contributed by atoms with E-state index in [1.807, 2.05) is 20.8 Å². The van der Waals surface area contributed by atoms with E-state index in [1.54, 1.807) is 6.92 Å². The number of ether oxygens (including phenoxy) is 1. The minimum atomic E-state index is -1.80. The van der Waals surface area contributed by atoms with Crippen LogP contribution in [0.1, 0.15) is 86.0 Å². The summed E-state index contributed by atoms with van der Waals surface area (Å²) in [5.41, 5.74) is -4.72. The van der Waals surface area contributed by atoms with Crippen LogP contribution in [0, 0.1) is 34.5 Å². The standard InChI is InChI=1S/C25H37FO5/c1-6-21(30)31-25(15(3)27)14(2)11-19-18-8-7-16-12-17(28)9-10-22(16,4)24(18,26)20(29)13-23(19,25)5/h14,16,18-20,29H,6-13H2,1-5H3/t14-,16-,18-,19-,20-,22-,23-,24-,25-/m0/s1. The van der Waals surface area contributed by atoms with Crippen LogP contribution in [0.5, 0.6) is 0 Å². The molecule has 31 heavy (non-hydrogen) atoms. The molecule has 4 aliphatic carbocycles. The number of aliphatic hydroxyl groups excluding tert-OH is 1. The molecule has 0 unspecified atom stereocenters. The van der Waals surface area contributed by atoms with Gasteiger partial charge in [0.15, 0.2) is 11.4 Å². The number of esters is 1. The lowest BCUT2D eigenvalue weighted by molar-refractivity contribution is -0.257. The number of carbonyl (C=O) groups excluding carboxylic acids is 3. The molecule has 0 aromatic rings. The molecule has 0 bridgehead atoms. The Labute approximate surface area is 184 Å². The molecule has 0 aliphatic heterocycles. The Kier molecular flexibility index (Phi) is 5.24. The Bertz CT molecular complexity index is 812. The van der Waals surface area contributed by atoms with E-state index in [1.165, 1.54) is 6.92 Å². The lowest BCUT2D eigenvalue weighted by Crippen LogP contribution is -2.71. The molecule has 174 valence electrons. The van der Waals surface area contributed by atoms with Crippen molar-refractivity contribution in [2.45, 2.75) is 103 Å². The summed E-state index contributed by atoms with van der Waals surface area (Å²) in [5.74, 6) is -1.34. The molecule has 9 atom stereocenters. The van der Waals surface area contributed by atoms with Gasteiger partial charge in [-0.25, -0.2) is 4.39 Å². The van der Waals surface area contributed by atoms with Crippen molar-refractivity contribution in [1.82, 2.24) is 0 Å². The molecule has 0 spiro atoms. The minimum absolute atomic E-state index is 0.0525. The second kappa shape index (κ2) is 7.10. The van der Waals surface area contributed by atoms with Crippen LogP contribution < -0.4 is 0 Å². The van der Waals surface area contributed by atoms with E-state index in [0.717, 1.165) is 6.42 Å². The molecule has 0 heterocycles. The Morgan fingerprint density at radius 2 is 1.87 bits per heavy atom. The number of hydrogen-bond acceptors (Lipinski definition) is 5. The predicted molar refractivity (Wildman–Crippen MR) is 113 cm³/mol. The van der Waals surface area contributed by atoms with Gasteiger partial charge < -0.3 is 9.84 Å². The van der Waals surface area contributed by atoms with E-state index < -0.39 is 40.1 Å². The van der Waals surface area contributed by atoms with Gasteiger partial charge >= 0.3 is 5.97 Å². The second-order valence-corrected chi connectivity index (χ2v) is 11.3. The van der Waals surface area contributed by atoms with E-state index in [2.05, 4.69) is 0 Å². The minimum Gasteiger partial charge on any atom is -0.450 e. The Hall–Kier alpha value is -1.30. The Balaban J connectivity index is 1.80. The molecule has 0 aromatic heterocycles. The molecule has 0 radical (unpaired) electrons. The molecular formula is C25H37FO5. The van der Waals surface area contributed by atoms with Crippen LogP contribution in [-0.4, -0.2) is 40.0 Å². The van der Waals surface area contributed by atoms with Crippen molar-refractivity contribution in [2.24, 2.45) is 34.5 Å². The smallest absolute Gasteiger partial charge is 0.306 e. The molecule has 5 nitrogen and oxygen atoms in total. The maximum atomic E-state index is 17.2. The van der Waals surface area contributed by atoms with Gasteiger partial charge in [-0.2, -0.15) is 0 Å². The summed E-state index contributed by atoms with van der Waals surface area (Å²) >= 11 is 0. The van der Waals surface area contributed by atoms with Crippen molar-refractivity contribution in [3.05, 3.63) is 0 Å². The monoisotopic (exact) mass is 436 g/mol. The number of hydrogen-bond donors (Lipinski definition) is 1. The maximum Gasteiger partial charge on any atom is 0.306 e. The van der Waals surface area contributed by atoms with E-state index in [-0.39, 0.29) is 42.2 Å². The number of Topliss-reactive ketones (excluding diaryl/α,β-unsaturated/α-hetero) is 2. The topological polar surface area (TPSA) is 80.7 Å². The largest absolute Gasteiger partial charge is 0.450 e. The van der Waals surface area contributed by atoms with Gasteiger partial charge in [-0.1, -0.05) is 27.7 Å². The van der Waals surface area contributed by atoms with Gasteiger partial charge in [-0.15, -0.1) is 0 Å². The first kappa shape index (κ1) is 22.9. The Morgan fingerprint density at radius 3 is 2.48 bits per heavy atom. The van der Waals surface area contributed by atoms with Crippen LogP contribution in [0.25, 0.3) is 0 Å². The van der Waals surface area contributed by atoms with Gasteiger partial charge in [0.25, 0.3) is 0 Å². The fraction of sp³-hybridized carbons (Fsp3) is 0.880. The van der Waals surface area contributed by atoms with Gasteiger partial charge in [0.1, 0.15) is 11.5 Å². The third kappa shape index (κ3) is 2.66. The van der Waals surface area contributed by atoms with Crippen molar-refractivity contribution in [2.75, 3.05) is 0 Å². The van der Waals surface area contributed by atoms with Gasteiger partial charge in [-0.05, 0) is 56.8 Å². The van der Waals surface area contributed by atoms with Crippen molar-refractivity contribution >= 4 is 17.5 Å². The summed E-state index contributed by atoms with van der Waals surface area (Å²) in [6, 6.07) is 0. The summed E-state index contributed by atoms with van der Waals surface area (Å²) in [6.07, 6.45) is 2.14. The van der Waals surface area contributed by atoms with Crippen molar-refractivity contribution in [1.29, 1.82) is 0 Å². The Morgan fingerprint density at radius 1 is 1.19 bits per heavy atom. The molecule has 4 fully saturated rings. The lowest BCUT2D eigenvalue weighted by atomic mass is 9.42. The fourth-order valence-electron chi connectivity index (χ4n) is 8.66. The first-order chi connectivity index (χ1) is 14.4. The quantitative estimate of drug-likeness (QED) is 0.671. The predicted octanol–water partition coefficient (Wildman–Crippen LogP) is 4.19. The van der Waals surface area contributed by atoms with Crippen LogP contribution in [0.15, 0.2) is 0 Å². The van der Waals surface area contributed by atoms with E-state index in [0.29, 0.717) is 32.1 Å². The second-order valence-electron chi connectivity index (χ2n) is 11.3. The van der Waals surface area contributed by atoms with Crippen molar-refractivity contribution in [3.63, 3.8) is 0 Å². The number of carbonyl (C=O) groups is 3. The normalized spacial score (nSPS) is 51.5. The average molecular weight is 437 g/mol. The first-order valence-corrected chi connectivity index (χ1v) is 12.0. The molecule has 1 N–H and O–H groups in total. The summed E-state index contributed by atoms with van der Waals surface area (Å²) in [5, 5.41) is 11.4. The number of aliphatic hydroxyl groups is 1. The molecule has 0 aromatic carbocycles. The third-order valence-corrected chi connectivity index (χ3v) is 10.2. The molecule has 0 saturated heterocycles. The highest BCUT2D eigenvalue weighted by molar-refractivity contribution is 5.89. The van der Waals surface area contributed by atoms with Crippen molar-refractivity contribution < 1.29 is 28.6 Å². The van der Waals surface area contributed by atoms with E-state index in [4.69, 9.17) is 4.74 Å². The molecule has 4 saturated carbocycles. The highest BCUT2D eigenvalue weighted by Gasteiger charge is 2.77. The van der Waals surface area contributed by atoms with E-state index >= 15 is 4.39 Å². The highest BCUT2D eigenvalue weighted by atomic mass is 19.1. The molecule has 4 aliphatic rings. The zero-order chi connectivity index (χ0) is 23.0. The zero-order valence-electron chi connectivity index (χ0n) is 19.5. The summed E-state index contributed by atoms with van der Waals surface area (Å²) in [6.45, 7) is 8.93.